The van der Waals surface area contributed by atoms with Crippen LogP contribution in [-0.2, 0) is 14.4 Å². The summed E-state index contributed by atoms with van der Waals surface area (Å²) in [5.74, 6) is 0.0341. The molecule has 0 bridgehead atoms. The molecule has 1 fully saturated rings. The van der Waals surface area contributed by atoms with Crippen molar-refractivity contribution in [2.24, 2.45) is 5.92 Å². The fourth-order valence-corrected chi connectivity index (χ4v) is 3.57. The number of carbonyl (C=O) groups is 3. The number of likely N-dealkylation sites (tertiary alicyclic amines) is 1. The molecule has 4 atom stereocenters. The van der Waals surface area contributed by atoms with Crippen molar-refractivity contribution in [3.05, 3.63) is 0 Å². The van der Waals surface area contributed by atoms with Crippen molar-refractivity contribution in [3.63, 3.8) is 0 Å². The van der Waals surface area contributed by atoms with Crippen LogP contribution in [0.15, 0.2) is 0 Å². The molecular formula is C19H37N5O3. The number of carbonyl (C=O) groups excluding carboxylic acids is 3. The van der Waals surface area contributed by atoms with Crippen molar-refractivity contribution in [3.8, 4) is 0 Å². The van der Waals surface area contributed by atoms with Crippen LogP contribution in [-0.4, -0.2) is 73.5 Å². The van der Waals surface area contributed by atoms with Crippen LogP contribution < -0.4 is 21.3 Å². The Morgan fingerprint density at radius 3 is 2.33 bits per heavy atom. The quantitative estimate of drug-likeness (QED) is 0.420. The molecule has 0 aromatic rings. The van der Waals surface area contributed by atoms with Gasteiger partial charge in [0.25, 0.3) is 0 Å². The second-order valence-electron chi connectivity index (χ2n) is 7.81. The lowest BCUT2D eigenvalue weighted by molar-refractivity contribution is -0.127. The van der Waals surface area contributed by atoms with Gasteiger partial charge in [-0.2, -0.15) is 0 Å². The monoisotopic (exact) mass is 383 g/mol. The summed E-state index contributed by atoms with van der Waals surface area (Å²) in [6, 6.07) is -0.328. The SMILES string of the molecule is CCNC(=O)C(C)N1C[C@@H](NC(=O)CNC(=O)[C@H](CC(C)C)NC)CC1C. The number of nitrogens with one attached hydrogen (secondary N) is 4. The molecule has 8 nitrogen and oxygen atoms in total. The van der Waals surface area contributed by atoms with E-state index in [4.69, 9.17) is 0 Å². The number of nitrogens with zero attached hydrogens (tertiary/aromatic N) is 1. The summed E-state index contributed by atoms with van der Waals surface area (Å²) in [5, 5.41) is 11.5. The van der Waals surface area contributed by atoms with Crippen molar-refractivity contribution in [1.29, 1.82) is 0 Å². The number of hydrogen-bond acceptors (Lipinski definition) is 5. The van der Waals surface area contributed by atoms with Gasteiger partial charge in [-0.05, 0) is 46.6 Å². The molecule has 0 aromatic heterocycles. The lowest BCUT2D eigenvalue weighted by atomic mass is 10.0. The Kier molecular flexibility index (Phi) is 9.73. The van der Waals surface area contributed by atoms with Gasteiger partial charge in [-0.3, -0.25) is 19.3 Å². The van der Waals surface area contributed by atoms with E-state index in [-0.39, 0.29) is 48.4 Å². The Hall–Kier alpha value is -1.67. The molecule has 0 aliphatic carbocycles. The Labute approximate surface area is 163 Å². The van der Waals surface area contributed by atoms with Crippen molar-refractivity contribution < 1.29 is 14.4 Å². The van der Waals surface area contributed by atoms with Gasteiger partial charge in [-0.15, -0.1) is 0 Å². The molecule has 1 aliphatic heterocycles. The third-order valence-electron chi connectivity index (χ3n) is 5.01. The highest BCUT2D eigenvalue weighted by Crippen LogP contribution is 2.20. The van der Waals surface area contributed by atoms with Gasteiger partial charge in [-0.25, -0.2) is 0 Å². The predicted octanol–water partition coefficient (Wildman–Crippen LogP) is -0.160. The van der Waals surface area contributed by atoms with E-state index < -0.39 is 0 Å². The molecule has 0 radical (unpaired) electrons. The molecule has 0 aromatic carbocycles. The second-order valence-corrected chi connectivity index (χ2v) is 7.81. The zero-order valence-corrected chi connectivity index (χ0v) is 17.6. The van der Waals surface area contributed by atoms with Crippen molar-refractivity contribution >= 4 is 17.7 Å². The summed E-state index contributed by atoms with van der Waals surface area (Å²) in [4.78, 5) is 38.5. The molecule has 4 N–H and O–H groups in total. The highest BCUT2D eigenvalue weighted by molar-refractivity contribution is 5.87. The van der Waals surface area contributed by atoms with Crippen LogP contribution >= 0.6 is 0 Å². The minimum atomic E-state index is -0.294. The first-order valence-electron chi connectivity index (χ1n) is 9.97. The summed E-state index contributed by atoms with van der Waals surface area (Å²) < 4.78 is 0. The number of likely N-dealkylation sites (N-methyl/N-ethyl adjacent to an activating group) is 2. The topological polar surface area (TPSA) is 103 Å². The molecule has 0 spiro atoms. The number of hydrogen-bond donors (Lipinski definition) is 4. The van der Waals surface area contributed by atoms with Crippen molar-refractivity contribution in [1.82, 2.24) is 26.2 Å². The molecule has 0 saturated carbocycles. The molecule has 3 amide bonds. The minimum absolute atomic E-state index is 0.00634. The van der Waals surface area contributed by atoms with Gasteiger partial charge >= 0.3 is 0 Å². The van der Waals surface area contributed by atoms with E-state index in [1.54, 1.807) is 7.05 Å². The van der Waals surface area contributed by atoms with Gasteiger partial charge in [0.05, 0.1) is 18.6 Å². The molecule has 1 aliphatic rings. The highest BCUT2D eigenvalue weighted by Gasteiger charge is 2.35. The maximum absolute atomic E-state index is 12.2. The third-order valence-corrected chi connectivity index (χ3v) is 5.01. The van der Waals surface area contributed by atoms with Gasteiger partial charge in [-0.1, -0.05) is 13.8 Å². The lowest BCUT2D eigenvalue weighted by Gasteiger charge is -2.27. The molecule has 1 rings (SSSR count). The largest absolute Gasteiger partial charge is 0.355 e. The minimum Gasteiger partial charge on any atom is -0.355 e. The van der Waals surface area contributed by atoms with Gasteiger partial charge in [0.1, 0.15) is 0 Å². The van der Waals surface area contributed by atoms with E-state index in [1.165, 1.54) is 0 Å². The zero-order chi connectivity index (χ0) is 20.6. The van der Waals surface area contributed by atoms with Crippen LogP contribution in [0.25, 0.3) is 0 Å². The normalized spacial score (nSPS) is 22.3. The first-order valence-corrected chi connectivity index (χ1v) is 9.97. The molecule has 1 heterocycles. The maximum atomic E-state index is 12.2. The van der Waals surface area contributed by atoms with E-state index in [9.17, 15) is 14.4 Å². The molecule has 156 valence electrons. The predicted molar refractivity (Wildman–Crippen MR) is 106 cm³/mol. The average Bonchev–Trinajstić information content (AvgIpc) is 2.96. The average molecular weight is 384 g/mol. The fourth-order valence-electron chi connectivity index (χ4n) is 3.57. The molecule has 2 unspecified atom stereocenters. The van der Waals surface area contributed by atoms with Crippen LogP contribution in [0.2, 0.25) is 0 Å². The van der Waals surface area contributed by atoms with E-state index in [2.05, 4.69) is 46.9 Å². The summed E-state index contributed by atoms with van der Waals surface area (Å²) in [5.41, 5.74) is 0. The smallest absolute Gasteiger partial charge is 0.239 e. The lowest BCUT2D eigenvalue weighted by Crippen LogP contribution is -2.49. The zero-order valence-electron chi connectivity index (χ0n) is 17.6. The van der Waals surface area contributed by atoms with Gasteiger partial charge in [0, 0.05) is 25.2 Å². The van der Waals surface area contributed by atoms with Crippen LogP contribution in [0.3, 0.4) is 0 Å². The van der Waals surface area contributed by atoms with Gasteiger partial charge in [0.15, 0.2) is 0 Å². The Bertz CT molecular complexity index is 512. The first kappa shape index (κ1) is 23.4. The highest BCUT2D eigenvalue weighted by atomic mass is 16.2. The standard InChI is InChI=1S/C19H37N5O3/c1-7-21-18(26)14(5)24-11-15(9-13(24)4)23-17(25)10-22-19(27)16(20-6)8-12(2)3/h12-16,20H,7-11H2,1-6H3,(H,21,26)(H,22,27)(H,23,25)/t13?,14?,15-,16-/m0/s1. The molecule has 1 saturated heterocycles. The summed E-state index contributed by atoms with van der Waals surface area (Å²) in [7, 11) is 1.75. The van der Waals surface area contributed by atoms with E-state index in [0.717, 1.165) is 12.8 Å². The van der Waals surface area contributed by atoms with E-state index in [0.29, 0.717) is 19.0 Å². The van der Waals surface area contributed by atoms with Crippen LogP contribution in [0, 0.1) is 5.92 Å². The molecule has 8 heteroatoms. The van der Waals surface area contributed by atoms with Crippen molar-refractivity contribution in [2.75, 3.05) is 26.7 Å². The number of amides is 3. The van der Waals surface area contributed by atoms with E-state index >= 15 is 0 Å². The molecular weight excluding hydrogens is 346 g/mol. The third kappa shape index (κ3) is 7.46. The maximum Gasteiger partial charge on any atom is 0.239 e. The first-order chi connectivity index (χ1) is 12.7. The summed E-state index contributed by atoms with van der Waals surface area (Å²) in [6.07, 6.45) is 1.51. The number of rotatable bonds is 10. The van der Waals surface area contributed by atoms with Crippen LogP contribution in [0.1, 0.15) is 47.5 Å². The van der Waals surface area contributed by atoms with Gasteiger partial charge < -0.3 is 21.3 Å². The Morgan fingerprint density at radius 1 is 1.11 bits per heavy atom. The van der Waals surface area contributed by atoms with Crippen LogP contribution in [0.4, 0.5) is 0 Å². The summed E-state index contributed by atoms with van der Waals surface area (Å²) in [6.45, 7) is 11.2. The fraction of sp³-hybridized carbons (Fsp3) is 0.842. The van der Waals surface area contributed by atoms with Crippen LogP contribution in [0.5, 0.6) is 0 Å². The summed E-state index contributed by atoms with van der Waals surface area (Å²) >= 11 is 0. The second kappa shape index (κ2) is 11.2. The Morgan fingerprint density at radius 2 is 1.78 bits per heavy atom. The molecule has 27 heavy (non-hydrogen) atoms. The van der Waals surface area contributed by atoms with E-state index in [1.807, 2.05) is 13.8 Å². The Balaban J connectivity index is 2.45. The van der Waals surface area contributed by atoms with Gasteiger partial charge in [0.2, 0.25) is 17.7 Å². The van der Waals surface area contributed by atoms with Crippen molar-refractivity contribution in [2.45, 2.75) is 71.6 Å².